The number of pyridine rings is 1. The van der Waals surface area contributed by atoms with Crippen LogP contribution in [0.5, 0.6) is 0 Å². The van der Waals surface area contributed by atoms with Crippen molar-refractivity contribution in [3.05, 3.63) is 30.1 Å². The smallest absolute Gasteiger partial charge is 0.317 e. The Balaban J connectivity index is 1.99. The van der Waals surface area contributed by atoms with Crippen LogP contribution in [0.1, 0.15) is 16.9 Å². The molecule has 13 heteroatoms. The Bertz CT molecular complexity index is 825. The second-order valence-electron chi connectivity index (χ2n) is 8.68. The van der Waals surface area contributed by atoms with Gasteiger partial charge in [0.05, 0.1) is 19.6 Å². The number of hydrogen-bond acceptors (Lipinski definition) is 9. The molecule has 0 saturated carbocycles. The van der Waals surface area contributed by atoms with Crippen LogP contribution in [0.3, 0.4) is 0 Å². The van der Waals surface area contributed by atoms with Gasteiger partial charge in [-0.3, -0.25) is 38.9 Å². The molecule has 200 valence electrons. The Morgan fingerprint density at radius 1 is 0.722 bits per heavy atom. The van der Waals surface area contributed by atoms with Crippen molar-refractivity contribution in [2.75, 3.05) is 85.1 Å². The number of hydrogen-bond donors (Lipinski definition) is 4. The van der Waals surface area contributed by atoms with Crippen molar-refractivity contribution >= 4 is 23.8 Å². The van der Waals surface area contributed by atoms with Crippen molar-refractivity contribution in [2.24, 2.45) is 0 Å². The Morgan fingerprint density at radius 2 is 1.17 bits per heavy atom. The van der Waals surface area contributed by atoms with Gasteiger partial charge in [-0.1, -0.05) is 6.07 Å². The number of nitrogens with zero attached hydrogens (tertiary/aromatic N) is 5. The number of nitrogens with one attached hydrogen (secondary N) is 1. The average molecular weight is 509 g/mol. The van der Waals surface area contributed by atoms with E-state index in [4.69, 9.17) is 0 Å². The van der Waals surface area contributed by atoms with Crippen LogP contribution in [0.25, 0.3) is 0 Å². The Hall–Kier alpha value is -3.13. The van der Waals surface area contributed by atoms with Gasteiger partial charge in [-0.05, 0) is 25.1 Å². The van der Waals surface area contributed by atoms with E-state index >= 15 is 0 Å². The van der Waals surface area contributed by atoms with Gasteiger partial charge in [0, 0.05) is 65.1 Å². The summed E-state index contributed by atoms with van der Waals surface area (Å²) in [5, 5.41) is 30.7. The van der Waals surface area contributed by atoms with Crippen LogP contribution in [-0.4, -0.2) is 149 Å². The third-order valence-corrected chi connectivity index (χ3v) is 5.84. The van der Waals surface area contributed by atoms with Gasteiger partial charge in [-0.2, -0.15) is 0 Å². The molecular weight excluding hydrogens is 472 g/mol. The minimum absolute atomic E-state index is 0.153. The minimum Gasteiger partial charge on any atom is -0.480 e. The highest BCUT2D eigenvalue weighted by Gasteiger charge is 2.20. The van der Waals surface area contributed by atoms with Crippen LogP contribution >= 0.6 is 0 Å². The van der Waals surface area contributed by atoms with E-state index in [-0.39, 0.29) is 25.5 Å². The predicted octanol–water partition coefficient (Wildman–Crippen LogP) is -1.32. The molecule has 36 heavy (non-hydrogen) atoms. The molecule has 4 N–H and O–H groups in total. The standard InChI is InChI=1S/C23H36N6O7/c30-20(31)16-27-10-8-26(7-3-6-25-23(36)19-4-1-2-5-24-19)9-11-28(17-21(32)33)13-15-29(14-12-27)18-22(34)35/h1-2,4-5H,3,6-18H2,(H,25,36)(H,30,31)(H,32,33)(H,34,35). The molecule has 0 radical (unpaired) electrons. The predicted molar refractivity (Wildman–Crippen MR) is 130 cm³/mol. The summed E-state index contributed by atoms with van der Waals surface area (Å²) in [7, 11) is 0. The van der Waals surface area contributed by atoms with Gasteiger partial charge < -0.3 is 25.5 Å². The van der Waals surface area contributed by atoms with Gasteiger partial charge >= 0.3 is 17.9 Å². The number of carboxylic acids is 3. The number of amides is 1. The largest absolute Gasteiger partial charge is 0.480 e. The van der Waals surface area contributed by atoms with Crippen LogP contribution in [0, 0.1) is 0 Å². The van der Waals surface area contributed by atoms with E-state index < -0.39 is 17.9 Å². The molecule has 13 nitrogen and oxygen atoms in total. The fourth-order valence-corrected chi connectivity index (χ4v) is 3.94. The van der Waals surface area contributed by atoms with Crippen LogP contribution in [0.2, 0.25) is 0 Å². The summed E-state index contributed by atoms with van der Waals surface area (Å²) in [6.07, 6.45) is 2.21. The highest BCUT2D eigenvalue weighted by atomic mass is 16.4. The molecule has 1 fully saturated rings. The molecule has 1 aliphatic heterocycles. The normalized spacial score (nSPS) is 17.6. The molecule has 1 aromatic rings. The van der Waals surface area contributed by atoms with Crippen molar-refractivity contribution in [3.8, 4) is 0 Å². The lowest BCUT2D eigenvalue weighted by Crippen LogP contribution is -2.48. The zero-order chi connectivity index (χ0) is 26.3. The molecule has 2 rings (SSSR count). The van der Waals surface area contributed by atoms with Crippen molar-refractivity contribution in [1.29, 1.82) is 0 Å². The first kappa shape index (κ1) is 29.1. The molecule has 1 amide bonds. The van der Waals surface area contributed by atoms with Crippen LogP contribution in [0.15, 0.2) is 24.4 Å². The maximum absolute atomic E-state index is 12.2. The highest BCUT2D eigenvalue weighted by molar-refractivity contribution is 5.92. The monoisotopic (exact) mass is 508 g/mol. The number of aromatic nitrogens is 1. The van der Waals surface area contributed by atoms with Crippen LogP contribution in [-0.2, 0) is 14.4 Å². The third kappa shape index (κ3) is 12.0. The first-order chi connectivity index (χ1) is 17.2. The Morgan fingerprint density at radius 3 is 1.56 bits per heavy atom. The maximum Gasteiger partial charge on any atom is 0.317 e. The quantitative estimate of drug-likeness (QED) is 0.261. The number of carboxylic acid groups (broad SMARTS) is 3. The van der Waals surface area contributed by atoms with Gasteiger partial charge in [-0.25, -0.2) is 0 Å². The molecular formula is C23H36N6O7. The summed E-state index contributed by atoms with van der Waals surface area (Å²) in [5.41, 5.74) is 0.342. The Kier molecular flexibility index (Phi) is 12.8. The molecule has 2 heterocycles. The summed E-state index contributed by atoms with van der Waals surface area (Å²) < 4.78 is 0. The molecule has 0 atom stereocenters. The van der Waals surface area contributed by atoms with Gasteiger partial charge in [0.25, 0.3) is 5.91 Å². The van der Waals surface area contributed by atoms with E-state index in [1.165, 1.54) is 0 Å². The van der Waals surface area contributed by atoms with Gasteiger partial charge in [0.15, 0.2) is 0 Å². The second-order valence-corrected chi connectivity index (χ2v) is 8.68. The van der Waals surface area contributed by atoms with E-state index in [0.29, 0.717) is 77.6 Å². The summed E-state index contributed by atoms with van der Waals surface area (Å²) in [4.78, 5) is 57.6. The van der Waals surface area contributed by atoms with E-state index in [2.05, 4.69) is 15.2 Å². The Labute approximate surface area is 210 Å². The van der Waals surface area contributed by atoms with E-state index in [1.807, 2.05) is 0 Å². The van der Waals surface area contributed by atoms with Crippen LogP contribution in [0.4, 0.5) is 0 Å². The highest BCUT2D eigenvalue weighted by Crippen LogP contribution is 2.02. The lowest BCUT2D eigenvalue weighted by atomic mass is 10.3. The van der Waals surface area contributed by atoms with Gasteiger partial charge in [0.2, 0.25) is 0 Å². The van der Waals surface area contributed by atoms with Crippen molar-refractivity contribution in [2.45, 2.75) is 6.42 Å². The van der Waals surface area contributed by atoms with E-state index in [1.54, 1.807) is 39.1 Å². The SMILES string of the molecule is O=C(O)CN1CCN(CCCNC(=O)c2ccccn2)CCN(CC(=O)O)CCN(CC(=O)O)CC1. The minimum atomic E-state index is -0.988. The summed E-state index contributed by atoms with van der Waals surface area (Å²) in [5.74, 6) is -3.15. The fourth-order valence-electron chi connectivity index (χ4n) is 3.94. The number of carbonyl (C=O) groups is 4. The number of aliphatic carboxylic acids is 3. The molecule has 0 aliphatic carbocycles. The first-order valence-corrected chi connectivity index (χ1v) is 12.0. The van der Waals surface area contributed by atoms with Crippen molar-refractivity contribution in [1.82, 2.24) is 29.9 Å². The topological polar surface area (TPSA) is 167 Å². The van der Waals surface area contributed by atoms with Gasteiger partial charge in [0.1, 0.15) is 5.69 Å². The van der Waals surface area contributed by atoms with Crippen molar-refractivity contribution < 1.29 is 34.5 Å². The molecule has 1 aromatic heterocycles. The van der Waals surface area contributed by atoms with Crippen molar-refractivity contribution in [3.63, 3.8) is 0 Å². The molecule has 0 unspecified atom stereocenters. The molecule has 0 aromatic carbocycles. The maximum atomic E-state index is 12.2. The zero-order valence-electron chi connectivity index (χ0n) is 20.4. The lowest BCUT2D eigenvalue weighted by molar-refractivity contribution is -0.140. The van der Waals surface area contributed by atoms with E-state index in [9.17, 15) is 34.5 Å². The van der Waals surface area contributed by atoms with Gasteiger partial charge in [-0.15, -0.1) is 0 Å². The summed E-state index contributed by atoms with van der Waals surface area (Å²) in [6.45, 7) is 4.10. The third-order valence-electron chi connectivity index (χ3n) is 5.84. The number of carbonyl (C=O) groups excluding carboxylic acids is 1. The molecule has 0 bridgehead atoms. The molecule has 1 saturated heterocycles. The second kappa shape index (κ2) is 15.8. The summed E-state index contributed by atoms with van der Waals surface area (Å²) >= 11 is 0. The zero-order valence-corrected chi connectivity index (χ0v) is 20.4. The van der Waals surface area contributed by atoms with E-state index in [0.717, 1.165) is 0 Å². The first-order valence-electron chi connectivity index (χ1n) is 12.0. The average Bonchev–Trinajstić information content (AvgIpc) is 2.82. The fraction of sp³-hybridized carbons (Fsp3) is 0.609. The lowest BCUT2D eigenvalue weighted by Gasteiger charge is -2.33. The number of rotatable bonds is 11. The molecule has 1 aliphatic rings. The molecule has 0 spiro atoms. The summed E-state index contributed by atoms with van der Waals surface area (Å²) in [6, 6.07) is 5.11. The van der Waals surface area contributed by atoms with Crippen LogP contribution < -0.4 is 5.32 Å².